The second-order valence-corrected chi connectivity index (χ2v) is 8.07. The van der Waals surface area contributed by atoms with Crippen LogP contribution in [0.4, 0.5) is 11.4 Å². The van der Waals surface area contributed by atoms with E-state index in [-0.39, 0.29) is 5.58 Å². The molecular weight excluding hydrogens is 359 g/mol. The Kier molecular flexibility index (Phi) is 9.26. The van der Waals surface area contributed by atoms with E-state index in [9.17, 15) is 4.57 Å². The van der Waals surface area contributed by atoms with Gasteiger partial charge in [-0.3, -0.25) is 4.57 Å². The first-order valence-corrected chi connectivity index (χ1v) is 11.1. The molecule has 0 radical (unpaired) electrons. The molecule has 0 saturated heterocycles. The lowest BCUT2D eigenvalue weighted by molar-refractivity contribution is 0.211. The SMILES string of the molecule is CCCCOP(=O)(OCCCC)C(=Nc1ccccc1)Nc1ccccc1. The molecule has 2 aromatic rings. The maximum atomic E-state index is 13.6. The van der Waals surface area contributed by atoms with Crippen LogP contribution in [0.25, 0.3) is 0 Å². The Morgan fingerprint density at radius 1 is 0.889 bits per heavy atom. The number of nitrogens with zero attached hydrogens (tertiary/aromatic N) is 1. The second-order valence-electron chi connectivity index (χ2n) is 6.13. The number of anilines is 1. The molecule has 0 aliphatic rings. The van der Waals surface area contributed by atoms with Gasteiger partial charge in [-0.25, -0.2) is 4.99 Å². The normalized spacial score (nSPS) is 12.1. The number of hydrogen-bond donors (Lipinski definition) is 1. The van der Waals surface area contributed by atoms with Gasteiger partial charge >= 0.3 is 7.60 Å². The van der Waals surface area contributed by atoms with E-state index in [1.807, 2.05) is 60.7 Å². The predicted octanol–water partition coefficient (Wildman–Crippen LogP) is 6.61. The van der Waals surface area contributed by atoms with E-state index in [2.05, 4.69) is 24.2 Å². The van der Waals surface area contributed by atoms with Crippen LogP contribution in [0.15, 0.2) is 65.7 Å². The van der Waals surface area contributed by atoms with Crippen LogP contribution in [0, 0.1) is 0 Å². The number of unbranched alkanes of at least 4 members (excludes halogenated alkanes) is 2. The zero-order chi connectivity index (χ0) is 19.4. The van der Waals surface area contributed by atoms with E-state index in [1.54, 1.807) is 0 Å². The molecule has 27 heavy (non-hydrogen) atoms. The molecule has 0 aliphatic heterocycles. The molecule has 146 valence electrons. The van der Waals surface area contributed by atoms with E-state index < -0.39 is 7.60 Å². The lowest BCUT2D eigenvalue weighted by Gasteiger charge is -2.21. The van der Waals surface area contributed by atoms with Gasteiger partial charge in [0, 0.05) is 5.69 Å². The van der Waals surface area contributed by atoms with Crippen molar-refractivity contribution in [2.75, 3.05) is 18.5 Å². The van der Waals surface area contributed by atoms with Gasteiger partial charge < -0.3 is 14.4 Å². The van der Waals surface area contributed by atoms with Gasteiger partial charge in [-0.15, -0.1) is 0 Å². The van der Waals surface area contributed by atoms with Crippen LogP contribution in [-0.2, 0) is 13.6 Å². The molecular formula is C21H29N2O3P. The number of nitrogens with one attached hydrogen (secondary N) is 1. The molecule has 0 fully saturated rings. The van der Waals surface area contributed by atoms with Crippen LogP contribution < -0.4 is 5.32 Å². The summed E-state index contributed by atoms with van der Waals surface area (Å²) < 4.78 is 25.2. The lowest BCUT2D eigenvalue weighted by atomic mass is 10.3. The summed E-state index contributed by atoms with van der Waals surface area (Å²) in [6, 6.07) is 18.9. The van der Waals surface area contributed by atoms with Gasteiger partial charge in [0.2, 0.25) is 5.58 Å². The van der Waals surface area contributed by atoms with E-state index in [1.165, 1.54) is 0 Å². The number of para-hydroxylation sites is 2. The van der Waals surface area contributed by atoms with Crippen molar-refractivity contribution in [2.24, 2.45) is 4.99 Å². The van der Waals surface area contributed by atoms with Crippen molar-refractivity contribution in [3.8, 4) is 0 Å². The Balaban J connectivity index is 2.35. The van der Waals surface area contributed by atoms with Gasteiger partial charge in [0.25, 0.3) is 0 Å². The molecule has 0 amide bonds. The van der Waals surface area contributed by atoms with E-state index in [4.69, 9.17) is 9.05 Å². The zero-order valence-electron chi connectivity index (χ0n) is 16.1. The fourth-order valence-corrected chi connectivity index (χ4v) is 3.81. The minimum absolute atomic E-state index is 0.215. The fourth-order valence-electron chi connectivity index (χ4n) is 2.25. The third-order valence-electron chi connectivity index (χ3n) is 3.80. The summed E-state index contributed by atoms with van der Waals surface area (Å²) in [4.78, 5) is 4.58. The Morgan fingerprint density at radius 2 is 1.41 bits per heavy atom. The van der Waals surface area contributed by atoms with Crippen LogP contribution >= 0.6 is 7.60 Å². The standard InChI is InChI=1S/C21H29N2O3P/c1-3-5-17-25-27(24,26-18-6-4-2)21(22-19-13-9-7-10-14-19)23-20-15-11-8-12-16-20/h7-16H,3-6,17-18H2,1-2H3,(H,22,23). The summed E-state index contributed by atoms with van der Waals surface area (Å²) in [6.45, 7) is 4.86. The zero-order valence-corrected chi connectivity index (χ0v) is 17.0. The number of hydrogen-bond acceptors (Lipinski definition) is 4. The molecule has 0 bridgehead atoms. The lowest BCUT2D eigenvalue weighted by Crippen LogP contribution is -2.17. The van der Waals surface area contributed by atoms with E-state index in [0.717, 1.165) is 31.4 Å². The fraction of sp³-hybridized carbons (Fsp3) is 0.381. The number of aliphatic imine (C=N–C) groups is 1. The highest BCUT2D eigenvalue weighted by Crippen LogP contribution is 2.51. The molecule has 6 heteroatoms. The van der Waals surface area contributed by atoms with Crippen molar-refractivity contribution in [1.29, 1.82) is 0 Å². The number of benzene rings is 2. The summed E-state index contributed by atoms with van der Waals surface area (Å²) in [5.74, 6) is 0. The third-order valence-corrected chi connectivity index (χ3v) is 5.57. The predicted molar refractivity (Wildman–Crippen MR) is 113 cm³/mol. The minimum Gasteiger partial charge on any atom is -0.333 e. The van der Waals surface area contributed by atoms with Gasteiger partial charge in [-0.05, 0) is 37.1 Å². The van der Waals surface area contributed by atoms with Crippen LogP contribution in [0.1, 0.15) is 39.5 Å². The molecule has 0 spiro atoms. The molecule has 2 aromatic carbocycles. The Morgan fingerprint density at radius 3 is 1.93 bits per heavy atom. The minimum atomic E-state index is -3.58. The highest BCUT2D eigenvalue weighted by atomic mass is 31.2. The van der Waals surface area contributed by atoms with Crippen LogP contribution in [0.2, 0.25) is 0 Å². The van der Waals surface area contributed by atoms with Gasteiger partial charge in [0.05, 0.1) is 18.9 Å². The van der Waals surface area contributed by atoms with E-state index in [0.29, 0.717) is 18.9 Å². The molecule has 0 aliphatic carbocycles. The molecule has 2 rings (SSSR count). The Bertz CT molecular complexity index is 722. The molecule has 0 heterocycles. The quantitative estimate of drug-likeness (QED) is 0.204. The molecule has 0 saturated carbocycles. The maximum absolute atomic E-state index is 13.6. The molecule has 0 atom stereocenters. The molecule has 0 aromatic heterocycles. The van der Waals surface area contributed by atoms with Gasteiger partial charge in [0.15, 0.2) is 0 Å². The smallest absolute Gasteiger partial charge is 0.333 e. The monoisotopic (exact) mass is 388 g/mol. The van der Waals surface area contributed by atoms with Crippen LogP contribution in [0.5, 0.6) is 0 Å². The summed E-state index contributed by atoms with van der Waals surface area (Å²) in [7, 11) is -3.58. The second kappa shape index (κ2) is 11.7. The Labute approximate surface area is 162 Å². The summed E-state index contributed by atoms with van der Waals surface area (Å²) >= 11 is 0. The van der Waals surface area contributed by atoms with Gasteiger partial charge in [-0.2, -0.15) is 0 Å². The van der Waals surface area contributed by atoms with Crippen LogP contribution in [0.3, 0.4) is 0 Å². The maximum Gasteiger partial charge on any atom is 0.396 e. The molecule has 0 unspecified atom stereocenters. The first kappa shape index (κ1) is 21.4. The third kappa shape index (κ3) is 7.30. The van der Waals surface area contributed by atoms with Crippen molar-refractivity contribution in [3.63, 3.8) is 0 Å². The average molecular weight is 388 g/mol. The van der Waals surface area contributed by atoms with Crippen molar-refractivity contribution < 1.29 is 13.6 Å². The first-order valence-electron chi connectivity index (χ1n) is 9.53. The van der Waals surface area contributed by atoms with Gasteiger partial charge in [0.1, 0.15) is 0 Å². The topological polar surface area (TPSA) is 59.9 Å². The largest absolute Gasteiger partial charge is 0.396 e. The Hall–Kier alpha value is -1.94. The summed E-state index contributed by atoms with van der Waals surface area (Å²) in [5, 5.41) is 3.16. The van der Waals surface area contributed by atoms with Crippen molar-refractivity contribution >= 4 is 24.5 Å². The summed E-state index contributed by atoms with van der Waals surface area (Å²) in [6.07, 6.45) is 3.52. The van der Waals surface area contributed by atoms with Gasteiger partial charge in [-0.1, -0.05) is 63.1 Å². The van der Waals surface area contributed by atoms with Crippen molar-refractivity contribution in [1.82, 2.24) is 0 Å². The number of rotatable bonds is 11. The van der Waals surface area contributed by atoms with Crippen molar-refractivity contribution in [2.45, 2.75) is 39.5 Å². The van der Waals surface area contributed by atoms with Crippen LogP contribution in [-0.4, -0.2) is 18.8 Å². The van der Waals surface area contributed by atoms with Crippen molar-refractivity contribution in [3.05, 3.63) is 60.7 Å². The summed E-state index contributed by atoms with van der Waals surface area (Å²) in [5.41, 5.74) is 1.69. The molecule has 1 N–H and O–H groups in total. The van der Waals surface area contributed by atoms with E-state index >= 15 is 0 Å². The average Bonchev–Trinajstić information content (AvgIpc) is 2.69. The highest BCUT2D eigenvalue weighted by molar-refractivity contribution is 7.72. The number of amidine groups is 1. The molecule has 5 nitrogen and oxygen atoms in total. The first-order chi connectivity index (χ1) is 13.2. The highest BCUT2D eigenvalue weighted by Gasteiger charge is 2.33.